The fraction of sp³-hybridized carbons (Fsp3) is 0.700. The van der Waals surface area contributed by atoms with Crippen molar-refractivity contribution in [2.75, 3.05) is 13.1 Å². The molecule has 1 fully saturated rings. The second-order valence-corrected chi connectivity index (χ2v) is 4.13. The van der Waals surface area contributed by atoms with Crippen LogP contribution < -0.4 is 10.6 Å². The number of carbonyl (C=O) groups excluding carboxylic acids is 1. The van der Waals surface area contributed by atoms with Crippen LogP contribution in [0.25, 0.3) is 0 Å². The first kappa shape index (κ1) is 11.5. The van der Waals surface area contributed by atoms with Gasteiger partial charge in [0, 0.05) is 11.1 Å². The minimum atomic E-state index is 0.0867. The highest BCUT2D eigenvalue weighted by atomic mass is 35.5. The van der Waals surface area contributed by atoms with Crippen molar-refractivity contribution in [1.82, 2.24) is 10.6 Å². The maximum Gasteiger partial charge on any atom is 0.225 e. The third-order valence-electron chi connectivity index (χ3n) is 2.58. The fourth-order valence-electron chi connectivity index (χ4n) is 1.82. The Balaban J connectivity index is 2.39. The van der Waals surface area contributed by atoms with Crippen molar-refractivity contribution in [3.05, 3.63) is 11.6 Å². The predicted molar refractivity (Wildman–Crippen MR) is 58.2 cm³/mol. The van der Waals surface area contributed by atoms with Crippen molar-refractivity contribution >= 4 is 17.5 Å². The average molecular weight is 217 g/mol. The Morgan fingerprint density at radius 3 is 3.00 bits per heavy atom. The largest absolute Gasteiger partial charge is 0.351 e. The molecule has 1 aliphatic heterocycles. The van der Waals surface area contributed by atoms with Crippen molar-refractivity contribution in [3.63, 3.8) is 0 Å². The summed E-state index contributed by atoms with van der Waals surface area (Å²) in [5.74, 6) is 0.180. The van der Waals surface area contributed by atoms with E-state index >= 15 is 0 Å². The Hall–Kier alpha value is -0.540. The molecule has 1 rings (SSSR count). The van der Waals surface area contributed by atoms with Gasteiger partial charge in [-0.25, -0.2) is 0 Å². The Morgan fingerprint density at radius 2 is 2.43 bits per heavy atom. The number of nitrogens with one attached hydrogen (secondary N) is 2. The summed E-state index contributed by atoms with van der Waals surface area (Å²) >= 11 is 5.57. The molecule has 0 spiro atoms. The topological polar surface area (TPSA) is 41.1 Å². The van der Waals surface area contributed by atoms with Crippen LogP contribution in [0.1, 0.15) is 19.8 Å². The van der Waals surface area contributed by atoms with Crippen molar-refractivity contribution < 1.29 is 4.79 Å². The monoisotopic (exact) mass is 216 g/mol. The Kier molecular flexibility index (Phi) is 4.42. The van der Waals surface area contributed by atoms with Gasteiger partial charge in [-0.2, -0.15) is 0 Å². The summed E-state index contributed by atoms with van der Waals surface area (Å²) < 4.78 is 0. The van der Waals surface area contributed by atoms with E-state index in [0.29, 0.717) is 17.6 Å². The zero-order chi connectivity index (χ0) is 10.6. The van der Waals surface area contributed by atoms with Crippen molar-refractivity contribution in [2.24, 2.45) is 5.92 Å². The van der Waals surface area contributed by atoms with E-state index in [0.717, 1.165) is 19.4 Å². The number of carbonyl (C=O) groups is 1. The number of halogens is 1. The van der Waals surface area contributed by atoms with E-state index in [-0.39, 0.29) is 11.8 Å². The van der Waals surface area contributed by atoms with Gasteiger partial charge in [0.05, 0.1) is 12.5 Å². The maximum atomic E-state index is 11.7. The summed E-state index contributed by atoms with van der Waals surface area (Å²) in [7, 11) is 0. The van der Waals surface area contributed by atoms with Gasteiger partial charge in [0.25, 0.3) is 0 Å². The summed E-state index contributed by atoms with van der Waals surface area (Å²) in [6.07, 6.45) is 1.90. The SMILES string of the molecule is C=C(Cl)CNC(=O)C1CCNC1CC. The van der Waals surface area contributed by atoms with E-state index in [4.69, 9.17) is 11.6 Å². The summed E-state index contributed by atoms with van der Waals surface area (Å²) in [5.41, 5.74) is 0. The van der Waals surface area contributed by atoms with Crippen LogP contribution in [0.5, 0.6) is 0 Å². The molecule has 0 saturated carbocycles. The average Bonchev–Trinajstić information content (AvgIpc) is 2.61. The standard InChI is InChI=1S/C10H17ClN2O/c1-3-9-8(4-5-12-9)10(14)13-6-7(2)11/h8-9,12H,2-6H2,1H3,(H,13,14). The van der Waals surface area contributed by atoms with Gasteiger partial charge in [0.2, 0.25) is 5.91 Å². The van der Waals surface area contributed by atoms with Crippen LogP contribution in [-0.2, 0) is 4.79 Å². The van der Waals surface area contributed by atoms with Crippen LogP contribution in [0, 0.1) is 5.92 Å². The molecule has 1 heterocycles. The minimum Gasteiger partial charge on any atom is -0.351 e. The van der Waals surface area contributed by atoms with E-state index in [1.807, 2.05) is 0 Å². The summed E-state index contributed by atoms with van der Waals surface area (Å²) in [5, 5.41) is 6.56. The Bertz CT molecular complexity index is 230. The van der Waals surface area contributed by atoms with Crippen LogP contribution in [0.3, 0.4) is 0 Å². The zero-order valence-corrected chi connectivity index (χ0v) is 9.23. The second-order valence-electron chi connectivity index (χ2n) is 3.60. The molecule has 0 aliphatic carbocycles. The molecule has 1 saturated heterocycles. The van der Waals surface area contributed by atoms with Gasteiger partial charge >= 0.3 is 0 Å². The first-order valence-electron chi connectivity index (χ1n) is 4.99. The van der Waals surface area contributed by atoms with Gasteiger partial charge in [-0.15, -0.1) is 0 Å². The molecule has 1 aliphatic rings. The van der Waals surface area contributed by atoms with Crippen molar-refractivity contribution in [1.29, 1.82) is 0 Å². The first-order chi connectivity index (χ1) is 6.65. The number of hydrogen-bond acceptors (Lipinski definition) is 2. The molecule has 2 atom stereocenters. The summed E-state index contributed by atoms with van der Waals surface area (Å²) in [4.78, 5) is 11.7. The fourth-order valence-corrected chi connectivity index (χ4v) is 1.89. The summed E-state index contributed by atoms with van der Waals surface area (Å²) in [6.45, 7) is 6.91. The van der Waals surface area contributed by atoms with Crippen LogP contribution >= 0.6 is 11.6 Å². The Morgan fingerprint density at radius 1 is 1.71 bits per heavy atom. The zero-order valence-electron chi connectivity index (χ0n) is 8.48. The smallest absolute Gasteiger partial charge is 0.225 e. The molecule has 0 aromatic rings. The molecule has 3 nitrogen and oxygen atoms in total. The van der Waals surface area contributed by atoms with Crippen LogP contribution in [0.15, 0.2) is 11.6 Å². The van der Waals surface area contributed by atoms with Gasteiger partial charge in [0.1, 0.15) is 0 Å². The van der Waals surface area contributed by atoms with Crippen molar-refractivity contribution in [3.8, 4) is 0 Å². The van der Waals surface area contributed by atoms with Gasteiger partial charge < -0.3 is 10.6 Å². The molecule has 80 valence electrons. The molecule has 4 heteroatoms. The molecule has 1 amide bonds. The maximum absolute atomic E-state index is 11.7. The molecule has 0 radical (unpaired) electrons. The lowest BCUT2D eigenvalue weighted by molar-refractivity contribution is -0.125. The number of rotatable bonds is 4. The molecule has 2 unspecified atom stereocenters. The van der Waals surface area contributed by atoms with E-state index in [9.17, 15) is 4.79 Å². The third-order valence-corrected chi connectivity index (χ3v) is 2.71. The highest BCUT2D eigenvalue weighted by molar-refractivity contribution is 6.29. The lowest BCUT2D eigenvalue weighted by Crippen LogP contribution is -2.38. The van der Waals surface area contributed by atoms with Crippen LogP contribution in [-0.4, -0.2) is 25.0 Å². The molecule has 14 heavy (non-hydrogen) atoms. The summed E-state index contributed by atoms with van der Waals surface area (Å²) in [6, 6.07) is 0.318. The molecular weight excluding hydrogens is 200 g/mol. The lowest BCUT2D eigenvalue weighted by atomic mass is 9.98. The molecular formula is C10H17ClN2O. The molecule has 0 bridgehead atoms. The number of amides is 1. The minimum absolute atomic E-state index is 0.0867. The Labute approximate surface area is 89.9 Å². The molecule has 0 aromatic carbocycles. The van der Waals surface area contributed by atoms with Crippen LogP contribution in [0.2, 0.25) is 0 Å². The quantitative estimate of drug-likeness (QED) is 0.743. The van der Waals surface area contributed by atoms with Gasteiger partial charge in [-0.1, -0.05) is 25.1 Å². The van der Waals surface area contributed by atoms with Gasteiger partial charge in [-0.3, -0.25) is 4.79 Å². The lowest BCUT2D eigenvalue weighted by Gasteiger charge is -2.17. The van der Waals surface area contributed by atoms with Crippen molar-refractivity contribution in [2.45, 2.75) is 25.8 Å². The van der Waals surface area contributed by atoms with Gasteiger partial charge in [0.15, 0.2) is 0 Å². The highest BCUT2D eigenvalue weighted by Crippen LogP contribution is 2.18. The highest BCUT2D eigenvalue weighted by Gasteiger charge is 2.30. The van der Waals surface area contributed by atoms with Crippen LogP contribution in [0.4, 0.5) is 0 Å². The van der Waals surface area contributed by atoms with E-state index in [2.05, 4.69) is 24.1 Å². The molecule has 2 N–H and O–H groups in total. The number of hydrogen-bond donors (Lipinski definition) is 2. The van der Waals surface area contributed by atoms with E-state index in [1.54, 1.807) is 0 Å². The van der Waals surface area contributed by atoms with E-state index < -0.39 is 0 Å². The normalized spacial score (nSPS) is 26.1. The third kappa shape index (κ3) is 3.00. The van der Waals surface area contributed by atoms with Gasteiger partial charge in [-0.05, 0) is 19.4 Å². The van der Waals surface area contributed by atoms with E-state index in [1.165, 1.54) is 0 Å². The first-order valence-corrected chi connectivity index (χ1v) is 5.37. The second kappa shape index (κ2) is 5.37. The predicted octanol–water partition coefficient (Wildman–Crippen LogP) is 1.24. The molecule has 0 aromatic heterocycles.